The number of halogens is 2. The Morgan fingerprint density at radius 2 is 1.91 bits per heavy atom. The second-order valence-electron chi connectivity index (χ2n) is 6.46. The number of hydrogen-bond donors (Lipinski definition) is 4. The van der Waals surface area contributed by atoms with Gasteiger partial charge in [-0.3, -0.25) is 9.59 Å². The lowest BCUT2D eigenvalue weighted by Gasteiger charge is -2.13. The normalized spacial score (nSPS) is 12.2. The molecule has 0 aliphatic rings. The number of anilines is 1. The molecule has 0 bridgehead atoms. The summed E-state index contributed by atoms with van der Waals surface area (Å²) in [5.74, 6) is -2.21. The fourth-order valence-corrected chi connectivity index (χ4v) is 2.63. The molecule has 0 aromatic heterocycles. The highest BCUT2D eigenvalue weighted by atomic mass is 35.5. The quantitative estimate of drug-likeness (QED) is 0.152. The number of carbonyl (C=O) groups excluding carboxylic acids is 2. The van der Waals surface area contributed by atoms with Crippen molar-refractivity contribution in [3.63, 3.8) is 0 Å². The zero-order valence-electron chi connectivity index (χ0n) is 17.7. The van der Waals surface area contributed by atoms with Crippen LogP contribution in [0.4, 0.5) is 10.1 Å². The number of methoxy groups -OCH3 is 1. The zero-order chi connectivity index (χ0) is 24.5. The van der Waals surface area contributed by atoms with Gasteiger partial charge in [0.05, 0.1) is 23.9 Å². The zero-order valence-corrected chi connectivity index (χ0v) is 18.5. The number of amides is 2. The summed E-state index contributed by atoms with van der Waals surface area (Å²) in [7, 11) is 1.41. The van der Waals surface area contributed by atoms with Crippen molar-refractivity contribution in [2.45, 2.75) is 6.92 Å². The number of nitrogens with zero attached hydrogens (tertiary/aromatic N) is 2. The monoisotopic (exact) mass is 473 g/mol. The van der Waals surface area contributed by atoms with Crippen LogP contribution < -0.4 is 21.1 Å². The molecule has 0 atom stereocenters. The molecule has 2 amide bonds. The number of nitrogens with two attached hydrogens (primary N) is 1. The highest BCUT2D eigenvalue weighted by Gasteiger charge is 2.19. The average Bonchev–Trinajstić information content (AvgIpc) is 2.80. The Kier molecular flexibility index (Phi) is 8.70. The first-order valence-corrected chi connectivity index (χ1v) is 9.67. The third-order valence-corrected chi connectivity index (χ3v) is 4.35. The molecule has 0 saturated carbocycles. The van der Waals surface area contributed by atoms with Gasteiger partial charge in [-0.05, 0) is 56.1 Å². The van der Waals surface area contributed by atoms with Gasteiger partial charge in [-0.25, -0.2) is 9.38 Å². The molecular formula is C22H21ClFN5O4. The van der Waals surface area contributed by atoms with Crippen LogP contribution in [0.3, 0.4) is 0 Å². The molecule has 2 aromatic carbocycles. The summed E-state index contributed by atoms with van der Waals surface area (Å²) in [6, 6.07) is 7.78. The van der Waals surface area contributed by atoms with Crippen LogP contribution in [0.2, 0.25) is 0 Å². The average molecular weight is 474 g/mol. The summed E-state index contributed by atoms with van der Waals surface area (Å²) < 4.78 is 19.6. The van der Waals surface area contributed by atoms with Crippen molar-refractivity contribution in [1.29, 1.82) is 0 Å². The van der Waals surface area contributed by atoms with Crippen molar-refractivity contribution >= 4 is 41.7 Å². The maximum absolute atomic E-state index is 14.5. The second-order valence-corrected chi connectivity index (χ2v) is 7.06. The van der Waals surface area contributed by atoms with E-state index >= 15 is 0 Å². The molecule has 0 aliphatic heterocycles. The third kappa shape index (κ3) is 6.65. The van der Waals surface area contributed by atoms with Gasteiger partial charge in [-0.15, -0.1) is 0 Å². The van der Waals surface area contributed by atoms with Gasteiger partial charge in [-0.2, -0.15) is 0 Å². The third-order valence-electron chi connectivity index (χ3n) is 4.22. The van der Waals surface area contributed by atoms with Crippen LogP contribution in [0.25, 0.3) is 0 Å². The first-order valence-electron chi connectivity index (χ1n) is 9.29. The van der Waals surface area contributed by atoms with Crippen molar-refractivity contribution in [2.24, 2.45) is 15.9 Å². The van der Waals surface area contributed by atoms with Gasteiger partial charge < -0.3 is 26.3 Å². The Bertz CT molecular complexity index is 1170. The number of amidine groups is 1. The molecule has 0 saturated heterocycles. The van der Waals surface area contributed by atoms with Crippen LogP contribution in [0.15, 0.2) is 69.6 Å². The number of hydrogen-bond acceptors (Lipinski definition) is 6. The molecule has 5 N–H and O–H groups in total. The van der Waals surface area contributed by atoms with E-state index in [4.69, 9.17) is 27.3 Å². The molecule has 0 fully saturated rings. The fourth-order valence-electron chi connectivity index (χ4n) is 2.56. The molecule has 172 valence electrons. The van der Waals surface area contributed by atoms with E-state index < -0.39 is 17.6 Å². The van der Waals surface area contributed by atoms with Crippen molar-refractivity contribution < 1.29 is 23.9 Å². The lowest BCUT2D eigenvalue weighted by molar-refractivity contribution is 0.0966. The summed E-state index contributed by atoms with van der Waals surface area (Å²) in [6.07, 6.45) is 2.96. The number of rotatable bonds is 8. The van der Waals surface area contributed by atoms with E-state index in [2.05, 4.69) is 27.5 Å². The highest BCUT2D eigenvalue weighted by Crippen LogP contribution is 2.24. The van der Waals surface area contributed by atoms with E-state index in [1.165, 1.54) is 49.6 Å². The van der Waals surface area contributed by atoms with Gasteiger partial charge in [0, 0.05) is 10.6 Å². The first kappa shape index (κ1) is 25.1. The van der Waals surface area contributed by atoms with Crippen molar-refractivity contribution in [3.8, 4) is 5.75 Å². The molecule has 2 rings (SSSR count). The molecular weight excluding hydrogens is 453 g/mol. The summed E-state index contributed by atoms with van der Waals surface area (Å²) >= 11 is 5.78. The number of allylic oxidation sites excluding steroid dienone is 3. The first-order chi connectivity index (χ1) is 15.7. The maximum Gasteiger partial charge on any atom is 0.259 e. The largest absolute Gasteiger partial charge is 0.497 e. The molecule has 2 aromatic rings. The predicted molar refractivity (Wildman–Crippen MR) is 125 cm³/mol. The van der Waals surface area contributed by atoms with Gasteiger partial charge in [-0.1, -0.05) is 22.8 Å². The number of oxime groups is 1. The Morgan fingerprint density at radius 3 is 2.48 bits per heavy atom. The summed E-state index contributed by atoms with van der Waals surface area (Å²) in [5, 5.41) is 17.0. The lowest BCUT2D eigenvalue weighted by Crippen LogP contribution is -2.24. The van der Waals surface area contributed by atoms with Crippen LogP contribution in [0.5, 0.6) is 5.75 Å². The Balaban J connectivity index is 2.37. The van der Waals surface area contributed by atoms with Crippen LogP contribution in [0, 0.1) is 5.82 Å². The van der Waals surface area contributed by atoms with Crippen LogP contribution >= 0.6 is 11.6 Å². The lowest BCUT2D eigenvalue weighted by atomic mass is 10.1. The van der Waals surface area contributed by atoms with Gasteiger partial charge >= 0.3 is 0 Å². The van der Waals surface area contributed by atoms with Gasteiger partial charge in [0.2, 0.25) is 0 Å². The number of carbonyl (C=O) groups is 2. The minimum Gasteiger partial charge on any atom is -0.497 e. The van der Waals surface area contributed by atoms with Crippen LogP contribution in [-0.2, 0) is 0 Å². The molecule has 0 heterocycles. The highest BCUT2D eigenvalue weighted by molar-refractivity contribution is 6.29. The number of benzene rings is 2. The topological polar surface area (TPSA) is 138 Å². The maximum atomic E-state index is 14.5. The van der Waals surface area contributed by atoms with Crippen molar-refractivity contribution in [2.75, 3.05) is 12.4 Å². The van der Waals surface area contributed by atoms with Gasteiger partial charge in [0.1, 0.15) is 17.4 Å². The van der Waals surface area contributed by atoms with E-state index in [9.17, 15) is 14.0 Å². The molecule has 33 heavy (non-hydrogen) atoms. The van der Waals surface area contributed by atoms with Gasteiger partial charge in [0.25, 0.3) is 11.8 Å². The summed E-state index contributed by atoms with van der Waals surface area (Å²) in [5.41, 5.74) is 5.32. The minimum absolute atomic E-state index is 0.0255. The Labute approximate surface area is 194 Å². The predicted octanol–water partition coefficient (Wildman–Crippen LogP) is 3.60. The Hall–Kier alpha value is -4.18. The summed E-state index contributed by atoms with van der Waals surface area (Å²) in [4.78, 5) is 29.3. The SMILES string of the molecule is C=N/C(=C\C=C(/C)Cl)NC(=O)c1cc(OC)ccc1NC(=O)c1ccc(/C(N)=N/O)cc1F. The smallest absolute Gasteiger partial charge is 0.259 e. The van der Waals surface area contributed by atoms with E-state index in [1.54, 1.807) is 6.92 Å². The summed E-state index contributed by atoms with van der Waals surface area (Å²) in [6.45, 7) is 5.04. The number of aliphatic imine (C=N–C) groups is 1. The van der Waals surface area contributed by atoms with Crippen molar-refractivity contribution in [1.82, 2.24) is 5.32 Å². The van der Waals surface area contributed by atoms with E-state index in [-0.39, 0.29) is 34.0 Å². The molecule has 0 unspecified atom stereocenters. The number of nitrogens with one attached hydrogen (secondary N) is 2. The molecule has 0 radical (unpaired) electrons. The van der Waals surface area contributed by atoms with E-state index in [0.29, 0.717) is 10.8 Å². The van der Waals surface area contributed by atoms with E-state index in [1.807, 2.05) is 0 Å². The minimum atomic E-state index is -0.902. The standard InChI is InChI=1S/C22H21ClFN5O4/c1-12(23)4-9-19(26-2)28-22(31)16-11-14(33-3)6-8-18(16)27-21(30)15-7-5-13(10-17(15)24)20(25)29-32/h4-11,32H,2H2,1,3H3,(H2,25,29)(H,27,30)(H,28,31)/b12-4+,19-9+. The Morgan fingerprint density at radius 1 is 1.18 bits per heavy atom. The van der Waals surface area contributed by atoms with E-state index in [0.717, 1.165) is 6.07 Å². The second kappa shape index (κ2) is 11.4. The molecule has 11 heteroatoms. The fraction of sp³-hybridized carbons (Fsp3) is 0.0909. The van der Waals surface area contributed by atoms with Crippen molar-refractivity contribution in [3.05, 3.63) is 81.9 Å². The molecule has 0 aliphatic carbocycles. The van der Waals surface area contributed by atoms with Crippen LogP contribution in [-0.4, -0.2) is 36.7 Å². The van der Waals surface area contributed by atoms with Crippen LogP contribution in [0.1, 0.15) is 33.2 Å². The molecule has 0 spiro atoms. The van der Waals surface area contributed by atoms with Gasteiger partial charge in [0.15, 0.2) is 5.84 Å². The number of ether oxygens (including phenoxy) is 1. The molecule has 9 nitrogen and oxygen atoms in total.